The van der Waals surface area contributed by atoms with Crippen molar-refractivity contribution in [2.75, 3.05) is 26.2 Å². The van der Waals surface area contributed by atoms with Gasteiger partial charge in [-0.25, -0.2) is 19.6 Å². The fraction of sp³-hybridized carbons (Fsp3) is 0.545. The Balaban J connectivity index is -0.00000121. The van der Waals surface area contributed by atoms with E-state index in [0.717, 1.165) is 11.1 Å². The summed E-state index contributed by atoms with van der Waals surface area (Å²) >= 11 is 0. The van der Waals surface area contributed by atoms with Crippen LogP contribution < -0.4 is 88.0 Å². The van der Waals surface area contributed by atoms with E-state index < -0.39 is 132 Å². The van der Waals surface area contributed by atoms with Gasteiger partial charge in [0.15, 0.2) is 0 Å². The Kier molecular flexibility index (Phi) is 52.6. The Labute approximate surface area is 609 Å². The van der Waals surface area contributed by atoms with E-state index in [1.54, 1.807) is 55.4 Å². The number of amides is 6. The Morgan fingerprint density at radius 1 is 0.417 bits per heavy atom. The first-order valence-corrected chi connectivity index (χ1v) is 32.9. The number of rotatable bonds is 38. The van der Waals surface area contributed by atoms with Crippen LogP contribution in [0.15, 0.2) is 85.7 Å². The molecule has 37 heteroatoms. The number of aromatic amines is 2. The van der Waals surface area contributed by atoms with Crippen LogP contribution in [0.5, 0.6) is 0 Å². The van der Waals surface area contributed by atoms with Gasteiger partial charge in [-0.15, -0.1) is 0 Å². The van der Waals surface area contributed by atoms with Gasteiger partial charge in [0.25, 0.3) is 0 Å². The van der Waals surface area contributed by atoms with Crippen LogP contribution in [-0.4, -0.2) is 198 Å². The van der Waals surface area contributed by atoms with E-state index in [1.165, 1.54) is 25.0 Å². The first-order chi connectivity index (χ1) is 47.9. The molecule has 0 aliphatic carbocycles. The molecule has 28 N–H and O–H groups in total. The zero-order valence-corrected chi connectivity index (χ0v) is 60.3. The number of unbranched alkanes of at least 4 members (excludes halogenated alkanes) is 2. The quantitative estimate of drug-likeness (QED) is 0.0148. The summed E-state index contributed by atoms with van der Waals surface area (Å²) in [5, 5.41) is 71.4. The predicted molar refractivity (Wildman–Crippen MR) is 372 cm³/mol. The number of benzene rings is 2. The van der Waals surface area contributed by atoms with E-state index in [1.807, 2.05) is 60.7 Å². The minimum Gasteiger partial charge on any atom is -0.548 e. The number of aliphatic carboxylic acids is 6. The van der Waals surface area contributed by atoms with Crippen molar-refractivity contribution in [3.8, 4) is 0 Å². The van der Waals surface area contributed by atoms with Gasteiger partial charge in [0.05, 0.1) is 61.9 Å². The molecule has 10 atom stereocenters. The summed E-state index contributed by atoms with van der Waals surface area (Å²) < 4.78 is 0. The van der Waals surface area contributed by atoms with Crippen LogP contribution in [0.1, 0.15) is 116 Å². The molecule has 0 fully saturated rings. The van der Waals surface area contributed by atoms with Crippen LogP contribution in [0, 0.1) is 23.7 Å². The number of nitrogens with two attached hydrogens (primary N) is 8. The van der Waals surface area contributed by atoms with E-state index >= 15 is 0 Å². The molecule has 6 amide bonds. The predicted octanol–water partition coefficient (Wildman–Crippen LogP) is -4.81. The van der Waals surface area contributed by atoms with Crippen molar-refractivity contribution in [2.45, 2.75) is 180 Å². The largest absolute Gasteiger partial charge is 2.00 e. The van der Waals surface area contributed by atoms with Crippen molar-refractivity contribution in [1.82, 2.24) is 51.8 Å². The summed E-state index contributed by atoms with van der Waals surface area (Å²) in [4.78, 5) is 149. The maximum atomic E-state index is 12.4. The number of carbonyl (C=O) groups is 12. The van der Waals surface area contributed by atoms with Crippen LogP contribution in [0.25, 0.3) is 0 Å². The van der Waals surface area contributed by atoms with E-state index in [-0.39, 0.29) is 79.5 Å². The van der Waals surface area contributed by atoms with Crippen LogP contribution in [0.4, 0.5) is 0 Å². The molecule has 4 rings (SSSR count). The summed E-state index contributed by atoms with van der Waals surface area (Å²) in [5.74, 6) is -10.2. The molecule has 2 heterocycles. The first-order valence-electron chi connectivity index (χ1n) is 32.9. The zero-order valence-electron chi connectivity index (χ0n) is 59.4. The fourth-order valence-electron chi connectivity index (χ4n) is 8.23. The number of carboxylic acids is 6. The molecule has 2 aromatic heterocycles. The van der Waals surface area contributed by atoms with Crippen LogP contribution >= 0.6 is 0 Å². The maximum absolute atomic E-state index is 12.4. The summed E-state index contributed by atoms with van der Waals surface area (Å²) in [7, 11) is 0. The number of imidazole rings is 2. The zero-order chi connectivity index (χ0) is 78.2. The van der Waals surface area contributed by atoms with Gasteiger partial charge < -0.3 is 128 Å². The molecule has 581 valence electrons. The van der Waals surface area contributed by atoms with Crippen molar-refractivity contribution >= 4 is 71.3 Å². The summed E-state index contributed by atoms with van der Waals surface area (Å²) in [5.41, 5.74) is 46.2. The Morgan fingerprint density at radius 2 is 0.728 bits per heavy atom. The molecular weight excluding hydrogens is 1400 g/mol. The number of hydrogen-bond donors (Lipinski definition) is 20. The molecule has 103 heavy (non-hydrogen) atoms. The van der Waals surface area contributed by atoms with Crippen LogP contribution in [-0.2, 0) is 100 Å². The Morgan fingerprint density at radius 3 is 0.942 bits per heavy atom. The molecule has 2 aromatic carbocycles. The molecule has 0 bridgehead atoms. The number of hydrogen-bond acceptors (Lipinski definition) is 24. The van der Waals surface area contributed by atoms with Crippen molar-refractivity contribution in [2.24, 2.45) is 69.5 Å². The maximum Gasteiger partial charge on any atom is 2.00 e. The summed E-state index contributed by atoms with van der Waals surface area (Å²) in [6, 6.07) is 9.78. The molecule has 1 radical (unpaired) electrons. The summed E-state index contributed by atoms with van der Waals surface area (Å²) in [6.07, 6.45) is 9.67. The van der Waals surface area contributed by atoms with E-state index in [9.17, 15) is 67.7 Å². The molecule has 0 saturated heterocycles. The van der Waals surface area contributed by atoms with Gasteiger partial charge in [-0.2, -0.15) is 0 Å². The van der Waals surface area contributed by atoms with E-state index in [2.05, 4.69) is 51.8 Å². The van der Waals surface area contributed by atoms with Crippen LogP contribution in [0.2, 0.25) is 0 Å². The number of aromatic nitrogens is 4. The number of nitrogens with zero attached hydrogens (tertiary/aromatic N) is 2. The number of H-pyrrole nitrogens is 2. The molecule has 0 aliphatic rings. The minimum atomic E-state index is -1.38. The minimum absolute atomic E-state index is 0. The Hall–Kier alpha value is -9.30. The van der Waals surface area contributed by atoms with Crippen molar-refractivity contribution < 1.29 is 105 Å². The van der Waals surface area contributed by atoms with Crippen LogP contribution in [0.3, 0.4) is 0 Å². The third-order valence-electron chi connectivity index (χ3n) is 14.5. The second kappa shape index (κ2) is 55.3. The first kappa shape index (κ1) is 97.9. The molecule has 0 aliphatic heterocycles. The van der Waals surface area contributed by atoms with Crippen molar-refractivity contribution in [3.63, 3.8) is 0 Å². The third-order valence-corrected chi connectivity index (χ3v) is 14.5. The number of carboxylic acid groups (broad SMARTS) is 6. The molecule has 36 nitrogen and oxygen atoms in total. The van der Waals surface area contributed by atoms with Gasteiger partial charge in [0.1, 0.15) is 36.3 Å². The molecule has 4 aromatic rings. The second-order valence-electron chi connectivity index (χ2n) is 24.5. The average Bonchev–Trinajstić information content (AvgIpc) is 1.83. The average molecular weight is 1510 g/mol. The summed E-state index contributed by atoms with van der Waals surface area (Å²) in [6.45, 7) is 14.4. The smallest absolute Gasteiger partial charge is 0.548 e. The number of carbonyl (C=O) groups excluding carboxylic acids is 8. The molecule has 0 unspecified atom stereocenters. The Bertz CT molecular complexity index is 2900. The van der Waals surface area contributed by atoms with Gasteiger partial charge in [0, 0.05) is 36.6 Å². The number of nitrogens with one attached hydrogen (secondary N) is 8. The van der Waals surface area contributed by atoms with Gasteiger partial charge in [-0.05, 0) is 99.3 Å². The monoisotopic (exact) mass is 1500 g/mol. The van der Waals surface area contributed by atoms with Gasteiger partial charge in [0.2, 0.25) is 35.4 Å². The van der Waals surface area contributed by atoms with E-state index in [0.29, 0.717) is 63.0 Å². The van der Waals surface area contributed by atoms with Gasteiger partial charge in [-0.3, -0.25) is 38.4 Å². The SMILES string of the molecule is CC(C)[C@H](N)C(=O)O.CC(C)[C@H](N)C(=O)O.CC(C)[C@H](NC(=O)[C@@H](N)Cc1ccccc1)C(=O)O.CC(C)[C@H](NC(=O)[C@@H](N)Cc1ccccc1)C(=O)O.NCCCC[C@H](NC(=O)[C@H](Cc1cnc[nH]1)NC(=O)CN)C(=O)[O-].NCCCC[C@H](NC(=O)[C@H](Cc1cnc[nH]1)NC(=O)CN)C(=O)[O-].[Cu+2]. The second-order valence-corrected chi connectivity index (χ2v) is 24.5. The fourth-order valence-corrected chi connectivity index (χ4v) is 8.23. The van der Waals surface area contributed by atoms with Crippen molar-refractivity contribution in [1.29, 1.82) is 0 Å². The van der Waals surface area contributed by atoms with Crippen molar-refractivity contribution in [3.05, 3.63) is 108 Å². The molecule has 0 saturated carbocycles. The third kappa shape index (κ3) is 44.6. The molecule has 0 spiro atoms. The standard InChI is InChI=1S/2C14H24N6O4.2C14H20N2O3.2C5H11NO2.Cu/c2*15-4-2-1-3-10(14(23)24)20-13(22)11(19-12(21)6-16)5-9-7-17-8-18-9;2*1-9(2)12(14(18)19)16-13(17)11(15)8-10-6-4-3-5-7-10;2*1-3(2)4(6)5(7)8;/h2*7-8,10-11H,1-6,15-16H2,(H,17,18)(H,19,21)(H,20,22)(H,23,24);2*3-7,9,11-12H,8,15H2,1-2H3,(H,16,17)(H,18,19);2*3-4H,6H2,1-2H3,(H,7,8);/q;;;;;;+2/p-2/t2*10-,11-;2*11-,12-;2*4-;/m000000./s1. The van der Waals surface area contributed by atoms with Gasteiger partial charge >= 0.3 is 40.9 Å². The van der Waals surface area contributed by atoms with Gasteiger partial charge in [-0.1, -0.05) is 116 Å². The van der Waals surface area contributed by atoms with E-state index in [4.69, 9.17) is 66.3 Å². The topological polar surface area (TPSA) is 670 Å². The normalized spacial score (nSPS) is 13.4. The molecular formula is C66H108CuN18O18.